The molecule has 1 fully saturated rings. The zero-order chi connectivity index (χ0) is 22.0. The molecule has 2 aromatic carbocycles. The Balaban J connectivity index is 1.73. The number of methoxy groups -OCH3 is 1. The van der Waals surface area contributed by atoms with Gasteiger partial charge in [0.25, 0.3) is 11.7 Å². The van der Waals surface area contributed by atoms with Crippen molar-refractivity contribution >= 4 is 29.1 Å². The SMILES string of the molecule is COc1cccc(/C(O)=C2/C(=O)C(=O)N(CCc3ccc(Cl)cc3)C2c2ccco2)c1. The Labute approximate surface area is 184 Å². The number of amides is 1. The van der Waals surface area contributed by atoms with Crippen molar-refractivity contribution in [3.63, 3.8) is 0 Å². The molecule has 0 spiro atoms. The molecule has 1 amide bonds. The number of nitrogens with zero attached hydrogens (tertiary/aromatic N) is 1. The number of hydrogen-bond acceptors (Lipinski definition) is 5. The Bertz CT molecular complexity index is 1140. The number of ketones is 1. The van der Waals surface area contributed by atoms with Crippen LogP contribution in [0, 0.1) is 0 Å². The summed E-state index contributed by atoms with van der Waals surface area (Å²) in [6.45, 7) is 0.270. The molecule has 1 saturated heterocycles. The van der Waals surface area contributed by atoms with Crippen LogP contribution < -0.4 is 4.74 Å². The first-order valence-corrected chi connectivity index (χ1v) is 10.1. The van der Waals surface area contributed by atoms with Crippen LogP contribution in [0.15, 0.2) is 76.9 Å². The van der Waals surface area contributed by atoms with Crippen molar-refractivity contribution in [2.45, 2.75) is 12.5 Å². The van der Waals surface area contributed by atoms with E-state index >= 15 is 0 Å². The zero-order valence-corrected chi connectivity index (χ0v) is 17.5. The van der Waals surface area contributed by atoms with E-state index in [1.807, 2.05) is 12.1 Å². The standard InChI is InChI=1S/C24H20ClNO5/c1-30-18-5-2-4-16(14-18)22(27)20-21(19-6-3-13-31-19)26(24(29)23(20)28)12-11-15-7-9-17(25)10-8-15/h2-10,13-14,21,27H,11-12H2,1H3/b22-20-. The van der Waals surface area contributed by atoms with Gasteiger partial charge in [-0.3, -0.25) is 9.59 Å². The lowest BCUT2D eigenvalue weighted by molar-refractivity contribution is -0.140. The fourth-order valence-corrected chi connectivity index (χ4v) is 3.81. The van der Waals surface area contributed by atoms with E-state index in [1.165, 1.54) is 18.3 Å². The molecule has 1 aromatic heterocycles. The smallest absolute Gasteiger partial charge is 0.295 e. The number of furan rings is 1. The van der Waals surface area contributed by atoms with Crippen LogP contribution in [0.1, 0.15) is 22.9 Å². The molecule has 2 heterocycles. The van der Waals surface area contributed by atoms with E-state index in [2.05, 4.69) is 0 Å². The van der Waals surface area contributed by atoms with E-state index in [0.717, 1.165) is 5.56 Å². The Morgan fingerprint density at radius 1 is 1.13 bits per heavy atom. The highest BCUT2D eigenvalue weighted by molar-refractivity contribution is 6.46. The van der Waals surface area contributed by atoms with Crippen molar-refractivity contribution in [2.24, 2.45) is 0 Å². The molecule has 3 aromatic rings. The number of carbonyl (C=O) groups is 2. The molecule has 1 atom stereocenters. The number of benzene rings is 2. The van der Waals surface area contributed by atoms with Gasteiger partial charge in [0.1, 0.15) is 23.3 Å². The molecule has 1 aliphatic rings. The maximum absolute atomic E-state index is 12.9. The first-order chi connectivity index (χ1) is 15.0. The lowest BCUT2D eigenvalue weighted by Gasteiger charge is -2.23. The highest BCUT2D eigenvalue weighted by atomic mass is 35.5. The second-order valence-corrected chi connectivity index (χ2v) is 7.55. The summed E-state index contributed by atoms with van der Waals surface area (Å²) in [5.74, 6) is -0.777. The van der Waals surface area contributed by atoms with Gasteiger partial charge in [0.2, 0.25) is 0 Å². The van der Waals surface area contributed by atoms with Crippen molar-refractivity contribution in [3.8, 4) is 5.75 Å². The first kappa shape index (κ1) is 20.8. The number of Topliss-reactive ketones (excluding diaryl/α,β-unsaturated/α-hetero) is 1. The predicted octanol–water partition coefficient (Wildman–Crippen LogP) is 4.61. The van der Waals surface area contributed by atoms with E-state index in [4.69, 9.17) is 20.8 Å². The summed E-state index contributed by atoms with van der Waals surface area (Å²) in [5.41, 5.74) is 1.34. The minimum atomic E-state index is -0.825. The van der Waals surface area contributed by atoms with Gasteiger partial charge in [-0.05, 0) is 48.4 Å². The highest BCUT2D eigenvalue weighted by Gasteiger charge is 2.47. The van der Waals surface area contributed by atoms with Crippen LogP contribution in [0.25, 0.3) is 5.76 Å². The van der Waals surface area contributed by atoms with Gasteiger partial charge in [0.15, 0.2) is 0 Å². The summed E-state index contributed by atoms with van der Waals surface area (Å²) in [6, 6.07) is 16.5. The summed E-state index contributed by atoms with van der Waals surface area (Å²) >= 11 is 5.94. The summed E-state index contributed by atoms with van der Waals surface area (Å²) in [5, 5.41) is 11.6. The second kappa shape index (κ2) is 8.70. The van der Waals surface area contributed by atoms with Crippen LogP contribution in [0.4, 0.5) is 0 Å². The van der Waals surface area contributed by atoms with Gasteiger partial charge < -0.3 is 19.2 Å². The lowest BCUT2D eigenvalue weighted by atomic mass is 9.99. The molecule has 6 nitrogen and oxygen atoms in total. The summed E-state index contributed by atoms with van der Waals surface area (Å²) in [7, 11) is 1.51. The number of aliphatic hydroxyl groups is 1. The minimum Gasteiger partial charge on any atom is -0.507 e. The van der Waals surface area contributed by atoms with Crippen molar-refractivity contribution in [1.82, 2.24) is 4.90 Å². The molecule has 1 N–H and O–H groups in total. The lowest BCUT2D eigenvalue weighted by Crippen LogP contribution is -2.31. The third-order valence-corrected chi connectivity index (χ3v) is 5.50. The van der Waals surface area contributed by atoms with Crippen molar-refractivity contribution in [2.75, 3.05) is 13.7 Å². The number of hydrogen-bond donors (Lipinski definition) is 1. The van der Waals surface area contributed by atoms with Crippen LogP contribution in [0.3, 0.4) is 0 Å². The Morgan fingerprint density at radius 3 is 2.58 bits per heavy atom. The van der Waals surface area contributed by atoms with Crippen molar-refractivity contribution in [3.05, 3.63) is 94.4 Å². The molecule has 31 heavy (non-hydrogen) atoms. The number of likely N-dealkylation sites (tertiary alicyclic amines) is 1. The van der Waals surface area contributed by atoms with Gasteiger partial charge in [0, 0.05) is 17.1 Å². The normalized spacial score (nSPS) is 17.9. The molecule has 1 unspecified atom stereocenters. The van der Waals surface area contributed by atoms with Gasteiger partial charge in [-0.2, -0.15) is 0 Å². The Kier molecular flexibility index (Phi) is 5.82. The van der Waals surface area contributed by atoms with Crippen LogP contribution >= 0.6 is 11.6 Å². The maximum Gasteiger partial charge on any atom is 0.295 e. The molecule has 1 aliphatic heterocycles. The quantitative estimate of drug-likeness (QED) is 0.346. The molecule has 7 heteroatoms. The van der Waals surface area contributed by atoms with Gasteiger partial charge in [0.05, 0.1) is 18.9 Å². The number of aliphatic hydroxyl groups excluding tert-OH is 1. The van der Waals surface area contributed by atoms with Gasteiger partial charge in [-0.25, -0.2) is 0 Å². The van der Waals surface area contributed by atoms with Gasteiger partial charge >= 0.3 is 0 Å². The van der Waals surface area contributed by atoms with Crippen molar-refractivity contribution in [1.29, 1.82) is 0 Å². The average molecular weight is 438 g/mol. The number of ether oxygens (including phenoxy) is 1. The first-order valence-electron chi connectivity index (χ1n) is 9.70. The zero-order valence-electron chi connectivity index (χ0n) is 16.7. The molecule has 0 bridgehead atoms. The molecule has 0 aliphatic carbocycles. The van der Waals surface area contributed by atoms with Gasteiger partial charge in [-0.1, -0.05) is 35.9 Å². The highest BCUT2D eigenvalue weighted by Crippen LogP contribution is 2.40. The largest absolute Gasteiger partial charge is 0.507 e. The topological polar surface area (TPSA) is 80.0 Å². The summed E-state index contributed by atoms with van der Waals surface area (Å²) in [4.78, 5) is 27.3. The third kappa shape index (κ3) is 4.07. The minimum absolute atomic E-state index is 0.00990. The number of halogens is 1. The Hall–Kier alpha value is -3.51. The molecular weight excluding hydrogens is 418 g/mol. The molecule has 158 valence electrons. The number of rotatable bonds is 6. The fourth-order valence-electron chi connectivity index (χ4n) is 3.68. The second-order valence-electron chi connectivity index (χ2n) is 7.12. The van der Waals surface area contributed by atoms with Crippen LogP contribution in [0.5, 0.6) is 5.75 Å². The average Bonchev–Trinajstić information content (AvgIpc) is 3.40. The van der Waals surface area contributed by atoms with E-state index in [1.54, 1.807) is 48.5 Å². The fraction of sp³-hybridized carbons (Fsp3) is 0.167. The van der Waals surface area contributed by atoms with Gasteiger partial charge in [-0.15, -0.1) is 0 Å². The molecule has 4 rings (SSSR count). The monoisotopic (exact) mass is 437 g/mol. The maximum atomic E-state index is 12.9. The summed E-state index contributed by atoms with van der Waals surface area (Å²) in [6.07, 6.45) is 1.99. The number of carbonyl (C=O) groups excluding carboxylic acids is 2. The van der Waals surface area contributed by atoms with Crippen LogP contribution in [-0.2, 0) is 16.0 Å². The van der Waals surface area contributed by atoms with Crippen LogP contribution in [0.2, 0.25) is 5.02 Å². The van der Waals surface area contributed by atoms with Crippen molar-refractivity contribution < 1.29 is 23.8 Å². The van der Waals surface area contributed by atoms with E-state index in [0.29, 0.717) is 28.5 Å². The molecule has 0 saturated carbocycles. The summed E-state index contributed by atoms with van der Waals surface area (Å²) < 4.78 is 10.7. The van der Waals surface area contributed by atoms with Crippen LogP contribution in [-0.4, -0.2) is 35.4 Å². The van der Waals surface area contributed by atoms with E-state index in [-0.39, 0.29) is 17.9 Å². The third-order valence-electron chi connectivity index (χ3n) is 5.25. The molecule has 0 radical (unpaired) electrons. The Morgan fingerprint density at radius 2 is 1.90 bits per heavy atom. The van der Waals surface area contributed by atoms with E-state index in [9.17, 15) is 14.7 Å². The van der Waals surface area contributed by atoms with E-state index < -0.39 is 17.7 Å². The molecular formula is C24H20ClNO5. The predicted molar refractivity (Wildman–Crippen MR) is 116 cm³/mol.